The monoisotopic (exact) mass is 346 g/mol. The number of para-hydroxylation sites is 1. The van der Waals surface area contributed by atoms with Crippen LogP contribution in [0.2, 0.25) is 0 Å². The van der Waals surface area contributed by atoms with Gasteiger partial charge in [0.05, 0.1) is 17.3 Å². The van der Waals surface area contributed by atoms with Gasteiger partial charge >= 0.3 is 0 Å². The maximum absolute atomic E-state index is 5.67. The summed E-state index contributed by atoms with van der Waals surface area (Å²) in [7, 11) is 0. The lowest BCUT2D eigenvalue weighted by atomic mass is 10.3. The van der Waals surface area contributed by atoms with Crippen LogP contribution in [0, 0.1) is 6.92 Å². The molecule has 0 unspecified atom stereocenters. The average Bonchev–Trinajstić information content (AvgIpc) is 3.01. The largest absolute Gasteiger partial charge is 0.494 e. The Morgan fingerprint density at radius 2 is 2.08 bits per heavy atom. The highest BCUT2D eigenvalue weighted by molar-refractivity contribution is 7.09. The van der Waals surface area contributed by atoms with Gasteiger partial charge in [-0.3, -0.25) is 4.99 Å². The van der Waals surface area contributed by atoms with Crippen LogP contribution in [0.3, 0.4) is 0 Å². The Morgan fingerprint density at radius 1 is 1.25 bits per heavy atom. The summed E-state index contributed by atoms with van der Waals surface area (Å²) in [6.07, 6.45) is 1.79. The van der Waals surface area contributed by atoms with E-state index in [2.05, 4.69) is 32.9 Å². The molecule has 0 bridgehead atoms. The quantitative estimate of drug-likeness (QED) is 0.416. The van der Waals surface area contributed by atoms with Crippen LogP contribution in [0.15, 0.2) is 40.7 Å². The predicted molar refractivity (Wildman–Crippen MR) is 101 cm³/mol. The van der Waals surface area contributed by atoms with Crippen molar-refractivity contribution in [3.63, 3.8) is 0 Å². The van der Waals surface area contributed by atoms with E-state index in [9.17, 15) is 0 Å². The summed E-state index contributed by atoms with van der Waals surface area (Å²) in [4.78, 5) is 9.05. The van der Waals surface area contributed by atoms with Gasteiger partial charge in [0, 0.05) is 37.9 Å². The maximum Gasteiger partial charge on any atom is 0.191 e. The van der Waals surface area contributed by atoms with Gasteiger partial charge in [-0.15, -0.1) is 11.3 Å². The minimum atomic E-state index is 0.672. The van der Waals surface area contributed by atoms with Gasteiger partial charge in [0.15, 0.2) is 5.96 Å². The summed E-state index contributed by atoms with van der Waals surface area (Å²) in [6, 6.07) is 9.87. The number of ether oxygens (including phenoxy) is 1. The van der Waals surface area contributed by atoms with Gasteiger partial charge in [0.2, 0.25) is 0 Å². The van der Waals surface area contributed by atoms with Crippen molar-refractivity contribution in [1.82, 2.24) is 15.6 Å². The molecule has 1 aromatic heterocycles. The first-order valence-corrected chi connectivity index (χ1v) is 9.27. The number of nitrogens with one attached hydrogen (secondary N) is 2. The minimum Gasteiger partial charge on any atom is -0.494 e. The van der Waals surface area contributed by atoms with Crippen molar-refractivity contribution in [3.05, 3.63) is 46.4 Å². The van der Waals surface area contributed by atoms with Gasteiger partial charge in [-0.25, -0.2) is 4.98 Å². The van der Waals surface area contributed by atoms with Gasteiger partial charge in [0.1, 0.15) is 5.75 Å². The Kier molecular flexibility index (Phi) is 8.10. The molecule has 24 heavy (non-hydrogen) atoms. The third-order valence-electron chi connectivity index (χ3n) is 3.27. The second kappa shape index (κ2) is 10.6. The molecule has 2 N–H and O–H groups in total. The van der Waals surface area contributed by atoms with Gasteiger partial charge in [-0.05, 0) is 26.0 Å². The normalized spacial score (nSPS) is 11.3. The lowest BCUT2D eigenvalue weighted by Crippen LogP contribution is -2.38. The molecule has 2 aromatic rings. The average molecular weight is 347 g/mol. The van der Waals surface area contributed by atoms with E-state index in [4.69, 9.17) is 4.74 Å². The van der Waals surface area contributed by atoms with Crippen LogP contribution < -0.4 is 15.4 Å². The fraction of sp³-hybridized carbons (Fsp3) is 0.444. The van der Waals surface area contributed by atoms with Gasteiger partial charge < -0.3 is 15.4 Å². The standard InChI is InChI=1S/C18H26N4OS/c1-3-19-18(21-12-10-16-14-24-15(2)22-16)20-11-7-13-23-17-8-5-4-6-9-17/h4-6,8-9,14H,3,7,10-13H2,1-2H3,(H2,19,20,21). The van der Waals surface area contributed by atoms with Crippen molar-refractivity contribution < 1.29 is 4.74 Å². The number of guanidine groups is 1. The first-order valence-electron chi connectivity index (χ1n) is 8.39. The summed E-state index contributed by atoms with van der Waals surface area (Å²) in [5, 5.41) is 9.84. The molecule has 1 aromatic carbocycles. The molecule has 0 fully saturated rings. The van der Waals surface area contributed by atoms with E-state index in [0.29, 0.717) is 6.61 Å². The molecule has 5 nitrogen and oxygen atoms in total. The maximum atomic E-state index is 5.67. The third kappa shape index (κ3) is 7.00. The molecular weight excluding hydrogens is 320 g/mol. The first-order chi connectivity index (χ1) is 11.8. The Bertz CT molecular complexity index is 612. The van der Waals surface area contributed by atoms with Crippen LogP contribution in [-0.2, 0) is 6.42 Å². The van der Waals surface area contributed by atoms with E-state index in [1.807, 2.05) is 37.3 Å². The van der Waals surface area contributed by atoms with Crippen molar-refractivity contribution in [3.8, 4) is 5.75 Å². The molecule has 0 saturated heterocycles. The van der Waals surface area contributed by atoms with E-state index in [0.717, 1.165) is 54.9 Å². The Hall–Kier alpha value is -2.08. The summed E-state index contributed by atoms with van der Waals surface area (Å²) in [5.74, 6) is 1.76. The van der Waals surface area contributed by atoms with Crippen molar-refractivity contribution in [2.45, 2.75) is 26.7 Å². The lowest BCUT2D eigenvalue weighted by molar-refractivity contribution is 0.313. The molecule has 0 aliphatic carbocycles. The number of benzene rings is 1. The molecule has 0 saturated carbocycles. The van der Waals surface area contributed by atoms with Crippen LogP contribution in [-0.4, -0.2) is 37.2 Å². The van der Waals surface area contributed by atoms with Crippen LogP contribution in [0.5, 0.6) is 5.75 Å². The van der Waals surface area contributed by atoms with E-state index >= 15 is 0 Å². The number of thiazole rings is 1. The van der Waals surface area contributed by atoms with E-state index in [-0.39, 0.29) is 0 Å². The molecule has 0 atom stereocenters. The van der Waals surface area contributed by atoms with Gasteiger partial charge in [0.25, 0.3) is 0 Å². The van der Waals surface area contributed by atoms with Crippen molar-refractivity contribution in [1.29, 1.82) is 0 Å². The fourth-order valence-corrected chi connectivity index (χ4v) is 2.78. The molecule has 1 heterocycles. The fourth-order valence-electron chi connectivity index (χ4n) is 2.14. The Balaban J connectivity index is 1.66. The van der Waals surface area contributed by atoms with E-state index in [1.165, 1.54) is 0 Å². The molecule has 0 amide bonds. The number of nitrogens with zero attached hydrogens (tertiary/aromatic N) is 2. The number of hydrogen-bond acceptors (Lipinski definition) is 4. The van der Waals surface area contributed by atoms with Crippen molar-refractivity contribution in [2.24, 2.45) is 4.99 Å². The summed E-state index contributed by atoms with van der Waals surface area (Å²) in [5.41, 5.74) is 1.14. The number of aryl methyl sites for hydroxylation is 1. The van der Waals surface area contributed by atoms with Crippen LogP contribution in [0.4, 0.5) is 0 Å². The third-order valence-corrected chi connectivity index (χ3v) is 4.09. The molecule has 0 aliphatic heterocycles. The van der Waals surface area contributed by atoms with E-state index in [1.54, 1.807) is 11.3 Å². The van der Waals surface area contributed by atoms with Crippen LogP contribution >= 0.6 is 11.3 Å². The van der Waals surface area contributed by atoms with Crippen LogP contribution in [0.1, 0.15) is 24.0 Å². The highest BCUT2D eigenvalue weighted by atomic mass is 32.1. The smallest absolute Gasteiger partial charge is 0.191 e. The van der Waals surface area contributed by atoms with Crippen molar-refractivity contribution >= 4 is 17.3 Å². The zero-order valence-electron chi connectivity index (χ0n) is 14.4. The molecule has 0 aliphatic rings. The zero-order chi connectivity index (χ0) is 17.0. The van der Waals surface area contributed by atoms with Crippen molar-refractivity contribution in [2.75, 3.05) is 26.2 Å². The summed E-state index contributed by atoms with van der Waals surface area (Å²) >= 11 is 1.69. The molecular formula is C18H26N4OS. The topological polar surface area (TPSA) is 58.5 Å². The predicted octanol–water partition coefficient (Wildman–Crippen LogP) is 3.02. The molecule has 6 heteroatoms. The number of rotatable bonds is 9. The Labute approximate surface area is 148 Å². The summed E-state index contributed by atoms with van der Waals surface area (Å²) in [6.45, 7) is 7.19. The number of aromatic nitrogens is 1. The molecule has 2 rings (SSSR count). The highest BCUT2D eigenvalue weighted by Crippen LogP contribution is 2.08. The number of aliphatic imine (C=N–C) groups is 1. The minimum absolute atomic E-state index is 0.672. The zero-order valence-corrected chi connectivity index (χ0v) is 15.2. The van der Waals surface area contributed by atoms with Gasteiger partial charge in [-0.2, -0.15) is 0 Å². The second-order valence-electron chi connectivity index (χ2n) is 5.31. The Morgan fingerprint density at radius 3 is 2.79 bits per heavy atom. The van der Waals surface area contributed by atoms with Gasteiger partial charge in [-0.1, -0.05) is 18.2 Å². The van der Waals surface area contributed by atoms with E-state index < -0.39 is 0 Å². The lowest BCUT2D eigenvalue weighted by Gasteiger charge is -2.11. The van der Waals surface area contributed by atoms with Crippen LogP contribution in [0.25, 0.3) is 0 Å². The SMILES string of the molecule is CCNC(=NCCCOc1ccccc1)NCCc1csc(C)n1. The molecule has 0 spiro atoms. The molecule has 0 radical (unpaired) electrons. The summed E-state index contributed by atoms with van der Waals surface area (Å²) < 4.78 is 5.67. The number of hydrogen-bond donors (Lipinski definition) is 2. The second-order valence-corrected chi connectivity index (χ2v) is 6.37. The molecule has 130 valence electrons. The highest BCUT2D eigenvalue weighted by Gasteiger charge is 2.00. The first kappa shape index (κ1) is 18.3.